The van der Waals surface area contributed by atoms with Crippen molar-refractivity contribution in [1.82, 2.24) is 4.98 Å². The lowest BCUT2D eigenvalue weighted by molar-refractivity contribution is -0.137. The van der Waals surface area contributed by atoms with Gasteiger partial charge in [-0.2, -0.15) is 13.2 Å². The largest absolute Gasteiger partial charge is 0.417 e. The molecule has 2 aromatic rings. The van der Waals surface area contributed by atoms with Gasteiger partial charge in [0, 0.05) is 6.20 Å². The quantitative estimate of drug-likeness (QED) is 0.615. The minimum Gasteiger partial charge on any atom is -0.335 e. The van der Waals surface area contributed by atoms with E-state index in [1.165, 1.54) is 0 Å². The van der Waals surface area contributed by atoms with E-state index >= 15 is 0 Å². The molecule has 0 aliphatic heterocycles. The molecule has 0 aliphatic carbocycles. The first-order valence-corrected chi connectivity index (χ1v) is 6.25. The second kappa shape index (κ2) is 6.13. The topological polar surface area (TPSA) is 34.5 Å². The minimum absolute atomic E-state index is 0.181. The molecule has 21 heavy (non-hydrogen) atoms. The SMILES string of the molecule is CC(=NOc1ncc(C(F)(F)F)cc1Cl)c1ccccc1. The van der Waals surface area contributed by atoms with Crippen molar-refractivity contribution in [2.75, 3.05) is 0 Å². The van der Waals surface area contributed by atoms with Crippen LogP contribution in [0.3, 0.4) is 0 Å². The Labute approximate surface area is 124 Å². The average Bonchev–Trinajstić information content (AvgIpc) is 2.45. The van der Waals surface area contributed by atoms with Crippen molar-refractivity contribution in [2.24, 2.45) is 5.16 Å². The van der Waals surface area contributed by atoms with E-state index in [2.05, 4.69) is 10.1 Å². The fourth-order valence-corrected chi connectivity index (χ4v) is 1.69. The van der Waals surface area contributed by atoms with Crippen molar-refractivity contribution >= 4 is 17.3 Å². The van der Waals surface area contributed by atoms with E-state index in [0.29, 0.717) is 11.9 Å². The Morgan fingerprint density at radius 3 is 2.48 bits per heavy atom. The summed E-state index contributed by atoms with van der Waals surface area (Å²) in [5.41, 5.74) is 0.428. The molecule has 0 spiro atoms. The van der Waals surface area contributed by atoms with Crippen LogP contribution in [0.4, 0.5) is 13.2 Å². The summed E-state index contributed by atoms with van der Waals surface area (Å²) in [6, 6.07) is 9.91. The van der Waals surface area contributed by atoms with E-state index in [1.807, 2.05) is 30.3 Å². The fraction of sp³-hybridized carbons (Fsp3) is 0.143. The first-order valence-electron chi connectivity index (χ1n) is 5.87. The summed E-state index contributed by atoms with van der Waals surface area (Å²) in [4.78, 5) is 8.53. The summed E-state index contributed by atoms with van der Waals surface area (Å²) in [6.07, 6.45) is -3.85. The third-order valence-corrected chi connectivity index (χ3v) is 2.87. The number of nitrogens with zero attached hydrogens (tertiary/aromatic N) is 2. The molecule has 0 atom stereocenters. The maximum Gasteiger partial charge on any atom is 0.417 e. The van der Waals surface area contributed by atoms with E-state index in [9.17, 15) is 13.2 Å². The van der Waals surface area contributed by atoms with Gasteiger partial charge in [-0.05, 0) is 18.6 Å². The van der Waals surface area contributed by atoms with Crippen molar-refractivity contribution in [3.63, 3.8) is 0 Å². The molecule has 0 aliphatic rings. The van der Waals surface area contributed by atoms with E-state index in [4.69, 9.17) is 16.4 Å². The predicted octanol–water partition coefficient (Wildman–Crippen LogP) is 4.56. The summed E-state index contributed by atoms with van der Waals surface area (Å²) >= 11 is 5.71. The van der Waals surface area contributed by atoms with Crippen LogP contribution in [0.1, 0.15) is 18.1 Å². The van der Waals surface area contributed by atoms with Gasteiger partial charge in [-0.25, -0.2) is 4.98 Å². The maximum absolute atomic E-state index is 12.5. The number of hydrogen-bond donors (Lipinski definition) is 0. The zero-order valence-corrected chi connectivity index (χ0v) is 11.6. The molecule has 0 saturated heterocycles. The Hall–Kier alpha value is -2.08. The summed E-state index contributed by atoms with van der Waals surface area (Å²) < 4.78 is 37.4. The highest BCUT2D eigenvalue weighted by atomic mass is 35.5. The standard InChI is InChI=1S/C14H10ClF3N2O/c1-9(10-5-3-2-4-6-10)20-21-13-12(15)7-11(8-19-13)14(16,17)18/h2-8H,1H3. The minimum atomic E-state index is -4.50. The molecule has 0 fully saturated rings. The van der Waals surface area contributed by atoms with Gasteiger partial charge in [0.05, 0.1) is 11.3 Å². The summed E-state index contributed by atoms with van der Waals surface area (Å²) in [7, 11) is 0. The molecule has 3 nitrogen and oxygen atoms in total. The smallest absolute Gasteiger partial charge is 0.335 e. The van der Waals surface area contributed by atoms with Gasteiger partial charge in [-0.3, -0.25) is 0 Å². The molecule has 0 saturated carbocycles. The first-order chi connectivity index (χ1) is 9.88. The molecule has 1 aromatic heterocycles. The van der Waals surface area contributed by atoms with Crippen LogP contribution in [0.25, 0.3) is 0 Å². The molecule has 0 N–H and O–H groups in total. The molecular weight excluding hydrogens is 305 g/mol. The third-order valence-electron chi connectivity index (χ3n) is 2.60. The van der Waals surface area contributed by atoms with Gasteiger partial charge in [0.1, 0.15) is 5.02 Å². The van der Waals surface area contributed by atoms with Crippen molar-refractivity contribution < 1.29 is 18.0 Å². The molecule has 1 aromatic carbocycles. The van der Waals surface area contributed by atoms with Crippen LogP contribution in [0.5, 0.6) is 5.88 Å². The third kappa shape index (κ3) is 3.95. The number of benzene rings is 1. The second-order valence-electron chi connectivity index (χ2n) is 4.14. The summed E-state index contributed by atoms with van der Waals surface area (Å²) in [6.45, 7) is 1.70. The van der Waals surface area contributed by atoms with Crippen LogP contribution < -0.4 is 4.84 Å². The number of pyridine rings is 1. The molecular formula is C14H10ClF3N2O. The second-order valence-corrected chi connectivity index (χ2v) is 4.55. The zero-order chi connectivity index (χ0) is 15.5. The van der Waals surface area contributed by atoms with E-state index in [0.717, 1.165) is 11.6 Å². The summed E-state index contributed by atoms with van der Waals surface area (Å²) in [5, 5.41) is 3.55. The Balaban J connectivity index is 2.17. The first kappa shape index (κ1) is 15.3. The van der Waals surface area contributed by atoms with Crippen LogP contribution in [0, 0.1) is 0 Å². The highest BCUT2D eigenvalue weighted by molar-refractivity contribution is 6.31. The van der Waals surface area contributed by atoms with Crippen molar-refractivity contribution in [3.8, 4) is 5.88 Å². The Morgan fingerprint density at radius 2 is 1.90 bits per heavy atom. The zero-order valence-electron chi connectivity index (χ0n) is 10.9. The van der Waals surface area contributed by atoms with Crippen molar-refractivity contribution in [3.05, 3.63) is 58.7 Å². The van der Waals surface area contributed by atoms with Gasteiger partial charge in [-0.1, -0.05) is 47.1 Å². The number of oxime groups is 1. The highest BCUT2D eigenvalue weighted by Crippen LogP contribution is 2.33. The van der Waals surface area contributed by atoms with Gasteiger partial charge in [0.15, 0.2) is 0 Å². The molecule has 1 heterocycles. The normalized spacial score (nSPS) is 12.3. The van der Waals surface area contributed by atoms with Gasteiger partial charge in [-0.15, -0.1) is 0 Å². The molecule has 0 unspecified atom stereocenters. The van der Waals surface area contributed by atoms with Crippen LogP contribution in [-0.4, -0.2) is 10.7 Å². The molecule has 110 valence electrons. The molecule has 0 amide bonds. The number of rotatable bonds is 3. The van der Waals surface area contributed by atoms with Crippen LogP contribution in [0.15, 0.2) is 47.8 Å². The van der Waals surface area contributed by atoms with E-state index < -0.39 is 11.7 Å². The number of hydrogen-bond acceptors (Lipinski definition) is 3. The Morgan fingerprint density at radius 1 is 1.24 bits per heavy atom. The maximum atomic E-state index is 12.5. The van der Waals surface area contributed by atoms with Crippen LogP contribution in [0.2, 0.25) is 5.02 Å². The number of aromatic nitrogens is 1. The molecule has 0 radical (unpaired) electrons. The molecule has 0 bridgehead atoms. The summed E-state index contributed by atoms with van der Waals surface area (Å²) in [5.74, 6) is -0.181. The van der Waals surface area contributed by atoms with Crippen LogP contribution in [-0.2, 0) is 6.18 Å². The fourth-order valence-electron chi connectivity index (χ4n) is 1.49. The van der Waals surface area contributed by atoms with Gasteiger partial charge in [0.2, 0.25) is 0 Å². The van der Waals surface area contributed by atoms with Gasteiger partial charge in [0.25, 0.3) is 5.88 Å². The monoisotopic (exact) mass is 314 g/mol. The van der Waals surface area contributed by atoms with Crippen molar-refractivity contribution in [1.29, 1.82) is 0 Å². The Kier molecular flexibility index (Phi) is 4.47. The van der Waals surface area contributed by atoms with Gasteiger partial charge < -0.3 is 4.84 Å². The van der Waals surface area contributed by atoms with E-state index in [1.54, 1.807) is 6.92 Å². The number of halogens is 4. The molecule has 2 rings (SSSR count). The predicted molar refractivity (Wildman–Crippen MR) is 73.5 cm³/mol. The molecule has 7 heteroatoms. The Bertz CT molecular complexity index is 657. The van der Waals surface area contributed by atoms with Gasteiger partial charge >= 0.3 is 6.18 Å². The van der Waals surface area contributed by atoms with Crippen molar-refractivity contribution in [2.45, 2.75) is 13.1 Å². The average molecular weight is 315 g/mol. The van der Waals surface area contributed by atoms with Crippen LogP contribution >= 0.6 is 11.6 Å². The lowest BCUT2D eigenvalue weighted by Crippen LogP contribution is -2.06. The lowest BCUT2D eigenvalue weighted by Gasteiger charge is -2.08. The number of alkyl halides is 3. The lowest BCUT2D eigenvalue weighted by atomic mass is 10.1. The highest BCUT2D eigenvalue weighted by Gasteiger charge is 2.31. The van der Waals surface area contributed by atoms with E-state index in [-0.39, 0.29) is 10.9 Å².